The van der Waals surface area contributed by atoms with Crippen LogP contribution in [0.15, 0.2) is 17.5 Å². The van der Waals surface area contributed by atoms with Crippen molar-refractivity contribution in [1.29, 1.82) is 5.26 Å². The Bertz CT molecular complexity index is 517. The minimum Gasteiger partial charge on any atom is -0.192 e. The van der Waals surface area contributed by atoms with Gasteiger partial charge in [-0.2, -0.15) is 5.26 Å². The number of nitrogens with zero attached hydrogens (tertiary/aromatic N) is 1. The van der Waals surface area contributed by atoms with Gasteiger partial charge in [-0.05, 0) is 47.4 Å². The van der Waals surface area contributed by atoms with Crippen LogP contribution in [-0.4, -0.2) is 0 Å². The van der Waals surface area contributed by atoms with E-state index in [2.05, 4.69) is 24.4 Å². The first kappa shape index (κ1) is 9.23. The maximum Gasteiger partial charge on any atom is 0.0994 e. The zero-order chi connectivity index (χ0) is 10.1. The molecule has 0 radical (unpaired) electrons. The monoisotopic (exact) mass is 201 g/mol. The molecule has 0 saturated heterocycles. The number of rotatable bonds is 1. The molecule has 2 aromatic rings. The quantitative estimate of drug-likeness (QED) is 0.691. The number of nitriles is 1. The summed E-state index contributed by atoms with van der Waals surface area (Å²) in [6, 6.07) is 6.38. The van der Waals surface area contributed by atoms with Crippen molar-refractivity contribution in [3.63, 3.8) is 0 Å². The molecule has 0 spiro atoms. The Morgan fingerprint density at radius 3 is 2.93 bits per heavy atom. The second kappa shape index (κ2) is 3.43. The van der Waals surface area contributed by atoms with Gasteiger partial charge in [-0.1, -0.05) is 6.92 Å². The van der Waals surface area contributed by atoms with Gasteiger partial charge in [0.05, 0.1) is 11.6 Å². The van der Waals surface area contributed by atoms with E-state index >= 15 is 0 Å². The van der Waals surface area contributed by atoms with Crippen LogP contribution in [0.4, 0.5) is 0 Å². The lowest BCUT2D eigenvalue weighted by molar-refractivity contribution is 1.16. The summed E-state index contributed by atoms with van der Waals surface area (Å²) in [6.07, 6.45) is 0.992. The van der Waals surface area contributed by atoms with Gasteiger partial charge >= 0.3 is 0 Å². The van der Waals surface area contributed by atoms with E-state index in [9.17, 15) is 0 Å². The Balaban J connectivity index is 2.89. The van der Waals surface area contributed by atoms with Crippen molar-refractivity contribution in [3.8, 4) is 6.07 Å². The fourth-order valence-electron chi connectivity index (χ4n) is 1.73. The molecule has 0 unspecified atom stereocenters. The SMILES string of the molecule is CCc1cc(C#N)c(C)c2ccsc12. The van der Waals surface area contributed by atoms with E-state index in [1.54, 1.807) is 11.3 Å². The molecule has 0 bridgehead atoms. The molecular formula is C12H11NS. The van der Waals surface area contributed by atoms with Gasteiger partial charge in [-0.15, -0.1) is 11.3 Å². The van der Waals surface area contributed by atoms with Gasteiger partial charge in [0, 0.05) is 4.70 Å². The molecule has 1 nitrogen and oxygen atoms in total. The normalized spacial score (nSPS) is 10.4. The van der Waals surface area contributed by atoms with Crippen LogP contribution >= 0.6 is 11.3 Å². The lowest BCUT2D eigenvalue weighted by Gasteiger charge is -2.04. The molecule has 14 heavy (non-hydrogen) atoms. The van der Waals surface area contributed by atoms with E-state index in [0.29, 0.717) is 0 Å². The maximum absolute atomic E-state index is 8.99. The highest BCUT2D eigenvalue weighted by Crippen LogP contribution is 2.30. The highest BCUT2D eigenvalue weighted by Gasteiger charge is 2.08. The smallest absolute Gasteiger partial charge is 0.0994 e. The van der Waals surface area contributed by atoms with E-state index in [1.165, 1.54) is 15.6 Å². The van der Waals surface area contributed by atoms with Crippen LogP contribution in [-0.2, 0) is 6.42 Å². The molecule has 70 valence electrons. The zero-order valence-corrected chi connectivity index (χ0v) is 9.11. The molecule has 2 rings (SSSR count). The number of benzene rings is 1. The average Bonchev–Trinajstić information content (AvgIpc) is 2.68. The van der Waals surface area contributed by atoms with E-state index in [4.69, 9.17) is 5.26 Å². The Morgan fingerprint density at radius 2 is 2.29 bits per heavy atom. The van der Waals surface area contributed by atoms with Gasteiger partial charge in [0.1, 0.15) is 0 Å². The van der Waals surface area contributed by atoms with Crippen molar-refractivity contribution in [2.45, 2.75) is 20.3 Å². The fourth-order valence-corrected chi connectivity index (χ4v) is 2.77. The van der Waals surface area contributed by atoms with Crippen LogP contribution in [0.3, 0.4) is 0 Å². The third kappa shape index (κ3) is 1.21. The van der Waals surface area contributed by atoms with E-state index in [1.807, 2.05) is 13.0 Å². The largest absolute Gasteiger partial charge is 0.192 e. The minimum atomic E-state index is 0.813. The standard InChI is InChI=1S/C12H11NS/c1-3-9-6-10(7-13)8(2)11-4-5-14-12(9)11/h4-6H,3H2,1-2H3. The van der Waals surface area contributed by atoms with Crippen LogP contribution < -0.4 is 0 Å². The van der Waals surface area contributed by atoms with E-state index in [-0.39, 0.29) is 0 Å². The molecule has 0 N–H and O–H groups in total. The summed E-state index contributed by atoms with van der Waals surface area (Å²) in [7, 11) is 0. The number of fused-ring (bicyclic) bond motifs is 1. The number of hydrogen-bond donors (Lipinski definition) is 0. The van der Waals surface area contributed by atoms with Gasteiger partial charge in [0.15, 0.2) is 0 Å². The molecule has 1 aromatic carbocycles. The molecule has 0 fully saturated rings. The molecule has 0 saturated carbocycles. The summed E-state index contributed by atoms with van der Waals surface area (Å²) in [5.41, 5.74) is 3.21. The summed E-state index contributed by atoms with van der Waals surface area (Å²) in [4.78, 5) is 0. The third-order valence-electron chi connectivity index (χ3n) is 2.58. The third-order valence-corrected chi connectivity index (χ3v) is 3.57. The summed E-state index contributed by atoms with van der Waals surface area (Å²) < 4.78 is 1.34. The van der Waals surface area contributed by atoms with Crippen molar-refractivity contribution in [3.05, 3.63) is 34.2 Å². The topological polar surface area (TPSA) is 23.8 Å². The molecule has 0 amide bonds. The van der Waals surface area contributed by atoms with Crippen molar-refractivity contribution < 1.29 is 0 Å². The molecular weight excluding hydrogens is 190 g/mol. The van der Waals surface area contributed by atoms with E-state index in [0.717, 1.165) is 17.5 Å². The van der Waals surface area contributed by atoms with Gasteiger partial charge in [-0.3, -0.25) is 0 Å². The van der Waals surface area contributed by atoms with Gasteiger partial charge in [0.2, 0.25) is 0 Å². The second-order valence-electron chi connectivity index (χ2n) is 3.34. The molecule has 1 aromatic heterocycles. The van der Waals surface area contributed by atoms with Gasteiger partial charge < -0.3 is 0 Å². The number of aryl methyl sites for hydroxylation is 2. The van der Waals surface area contributed by atoms with Crippen LogP contribution in [0.25, 0.3) is 10.1 Å². The number of hydrogen-bond acceptors (Lipinski definition) is 2. The summed E-state index contributed by atoms with van der Waals surface area (Å²) >= 11 is 1.76. The van der Waals surface area contributed by atoms with Crippen LogP contribution in [0.1, 0.15) is 23.6 Å². The highest BCUT2D eigenvalue weighted by molar-refractivity contribution is 7.17. The van der Waals surface area contributed by atoms with Crippen molar-refractivity contribution in [2.24, 2.45) is 0 Å². The van der Waals surface area contributed by atoms with Crippen LogP contribution in [0.2, 0.25) is 0 Å². The molecule has 0 aliphatic rings. The van der Waals surface area contributed by atoms with Crippen molar-refractivity contribution >= 4 is 21.4 Å². The fraction of sp³-hybridized carbons (Fsp3) is 0.250. The zero-order valence-electron chi connectivity index (χ0n) is 8.29. The second-order valence-corrected chi connectivity index (χ2v) is 4.25. The number of thiophene rings is 1. The summed E-state index contributed by atoms with van der Waals surface area (Å²) in [5.74, 6) is 0. The lowest BCUT2D eigenvalue weighted by Crippen LogP contribution is -1.88. The van der Waals surface area contributed by atoms with Crippen molar-refractivity contribution in [1.82, 2.24) is 0 Å². The van der Waals surface area contributed by atoms with Gasteiger partial charge in [0.25, 0.3) is 0 Å². The Morgan fingerprint density at radius 1 is 1.50 bits per heavy atom. The summed E-state index contributed by atoms with van der Waals surface area (Å²) in [5, 5.41) is 12.3. The first-order chi connectivity index (χ1) is 6.77. The van der Waals surface area contributed by atoms with Crippen molar-refractivity contribution in [2.75, 3.05) is 0 Å². The Hall–Kier alpha value is -1.33. The van der Waals surface area contributed by atoms with Gasteiger partial charge in [-0.25, -0.2) is 0 Å². The molecule has 2 heteroatoms. The molecule has 0 aliphatic carbocycles. The average molecular weight is 201 g/mol. The minimum absolute atomic E-state index is 0.813. The van der Waals surface area contributed by atoms with E-state index < -0.39 is 0 Å². The highest BCUT2D eigenvalue weighted by atomic mass is 32.1. The molecule has 0 atom stereocenters. The maximum atomic E-state index is 8.99. The lowest BCUT2D eigenvalue weighted by atomic mass is 10.0. The molecule has 0 aliphatic heterocycles. The van der Waals surface area contributed by atoms with Crippen LogP contribution in [0.5, 0.6) is 0 Å². The molecule has 1 heterocycles. The van der Waals surface area contributed by atoms with Crippen LogP contribution in [0, 0.1) is 18.3 Å². The summed E-state index contributed by atoms with van der Waals surface area (Å²) in [6.45, 7) is 4.15. The Labute approximate surface area is 87.6 Å². The first-order valence-electron chi connectivity index (χ1n) is 4.67. The Kier molecular flexibility index (Phi) is 2.26. The predicted octanol–water partition coefficient (Wildman–Crippen LogP) is 3.64. The predicted molar refractivity (Wildman–Crippen MR) is 60.7 cm³/mol. The first-order valence-corrected chi connectivity index (χ1v) is 5.55.